The van der Waals surface area contributed by atoms with Gasteiger partial charge in [-0.1, -0.05) is 62.4 Å². The number of ketones is 1. The van der Waals surface area contributed by atoms with Gasteiger partial charge < -0.3 is 14.9 Å². The van der Waals surface area contributed by atoms with Crippen LogP contribution in [0.3, 0.4) is 0 Å². The van der Waals surface area contributed by atoms with Crippen LogP contribution in [0.1, 0.15) is 66.7 Å². The zero-order chi connectivity index (χ0) is 21.5. The first kappa shape index (κ1) is 25.3. The molecule has 3 unspecified atom stereocenters. The first-order chi connectivity index (χ1) is 13.0. The van der Waals surface area contributed by atoms with Gasteiger partial charge >= 0.3 is 5.97 Å². The summed E-state index contributed by atoms with van der Waals surface area (Å²) in [6, 6.07) is 0. The van der Waals surface area contributed by atoms with Gasteiger partial charge in [-0.05, 0) is 41.8 Å². The molecule has 0 amide bonds. The molecule has 0 bridgehead atoms. The Kier molecular flexibility index (Phi) is 10.4. The van der Waals surface area contributed by atoms with Crippen LogP contribution in [0.25, 0.3) is 0 Å². The van der Waals surface area contributed by atoms with Crippen molar-refractivity contribution in [1.82, 2.24) is 0 Å². The van der Waals surface area contributed by atoms with Crippen LogP contribution in [0.4, 0.5) is 0 Å². The summed E-state index contributed by atoms with van der Waals surface area (Å²) in [7, 11) is 0. The van der Waals surface area contributed by atoms with Gasteiger partial charge in [0.15, 0.2) is 0 Å². The summed E-state index contributed by atoms with van der Waals surface area (Å²) < 4.78 is 7.47. The molecule has 2 N–H and O–H groups in total. The van der Waals surface area contributed by atoms with E-state index in [1.54, 1.807) is 20.8 Å². The molecule has 1 heterocycles. The standard InChI is InChI=1S/C22H35IO5/c1-14-10-8-6-7-9-11-17(15(2)13-23)28-19(25)12-18(24)22(4,5)21(27)16(3)20(14)26/h7,9,13-14,16-18,20,24,26H,6,8,10-12H2,1-5H3/b9-7-,15-13+/t14?,16?,17-,18?,20-/m0/s1. The Morgan fingerprint density at radius 2 is 1.89 bits per heavy atom. The van der Waals surface area contributed by atoms with E-state index in [1.807, 2.05) is 24.0 Å². The minimum Gasteiger partial charge on any atom is -0.457 e. The zero-order valence-corrected chi connectivity index (χ0v) is 19.8. The fourth-order valence-electron chi connectivity index (χ4n) is 3.48. The van der Waals surface area contributed by atoms with Crippen molar-refractivity contribution < 1.29 is 24.5 Å². The SMILES string of the molecule is C/C(=C\I)[C@@H]1C/C=C\CCCC(C)[C@H](O)C(C)C(=O)C(C)(C)C(O)CC(=O)O1. The topological polar surface area (TPSA) is 83.8 Å². The van der Waals surface area contributed by atoms with E-state index in [1.165, 1.54) is 0 Å². The molecule has 0 saturated carbocycles. The van der Waals surface area contributed by atoms with E-state index in [0.29, 0.717) is 6.42 Å². The van der Waals surface area contributed by atoms with Crippen LogP contribution in [0.5, 0.6) is 0 Å². The molecule has 0 radical (unpaired) electrons. The van der Waals surface area contributed by atoms with Gasteiger partial charge in [-0.15, -0.1) is 0 Å². The third-order valence-corrected chi connectivity index (χ3v) is 6.82. The number of carbonyl (C=O) groups excluding carboxylic acids is 2. The second-order valence-corrected chi connectivity index (χ2v) is 9.15. The summed E-state index contributed by atoms with van der Waals surface area (Å²) in [5.41, 5.74) is -0.213. The Morgan fingerprint density at radius 1 is 1.25 bits per heavy atom. The normalized spacial score (nSPS) is 35.3. The monoisotopic (exact) mass is 506 g/mol. The highest BCUT2D eigenvalue weighted by Gasteiger charge is 2.42. The fraction of sp³-hybridized carbons (Fsp3) is 0.727. The Balaban J connectivity index is 3.10. The van der Waals surface area contributed by atoms with E-state index in [4.69, 9.17) is 4.74 Å². The maximum atomic E-state index is 13.0. The lowest BCUT2D eigenvalue weighted by molar-refractivity contribution is -0.154. The number of carbonyl (C=O) groups is 2. The summed E-state index contributed by atoms with van der Waals surface area (Å²) in [5, 5.41) is 21.2. The van der Waals surface area contributed by atoms with Crippen molar-refractivity contribution in [2.45, 2.75) is 85.0 Å². The molecule has 5 atom stereocenters. The molecule has 160 valence electrons. The van der Waals surface area contributed by atoms with E-state index < -0.39 is 29.5 Å². The van der Waals surface area contributed by atoms with Crippen molar-refractivity contribution in [3.8, 4) is 0 Å². The van der Waals surface area contributed by atoms with Gasteiger partial charge in [0.1, 0.15) is 11.9 Å². The molecule has 1 aliphatic heterocycles. The van der Waals surface area contributed by atoms with Crippen LogP contribution >= 0.6 is 22.6 Å². The van der Waals surface area contributed by atoms with Crippen LogP contribution in [0.15, 0.2) is 21.8 Å². The third kappa shape index (κ3) is 6.95. The molecule has 6 heteroatoms. The van der Waals surface area contributed by atoms with Crippen molar-refractivity contribution >= 4 is 34.3 Å². The van der Waals surface area contributed by atoms with Crippen molar-refractivity contribution in [2.24, 2.45) is 17.3 Å². The molecule has 1 rings (SSSR count). The molecule has 5 nitrogen and oxygen atoms in total. The second kappa shape index (κ2) is 11.5. The highest BCUT2D eigenvalue weighted by atomic mass is 127. The number of esters is 1. The minimum atomic E-state index is -1.18. The van der Waals surface area contributed by atoms with Crippen LogP contribution in [-0.4, -0.2) is 40.3 Å². The first-order valence-corrected chi connectivity index (χ1v) is 11.3. The maximum Gasteiger partial charge on any atom is 0.309 e. The molecule has 0 aromatic rings. The summed E-state index contributed by atoms with van der Waals surface area (Å²) in [5.74, 6) is -1.40. The highest BCUT2D eigenvalue weighted by molar-refractivity contribution is 14.1. The number of halogens is 1. The average molecular weight is 506 g/mol. The second-order valence-electron chi connectivity index (χ2n) is 8.53. The summed E-state index contributed by atoms with van der Waals surface area (Å²) in [6.07, 6.45) is 4.67. The Morgan fingerprint density at radius 3 is 2.50 bits per heavy atom. The average Bonchev–Trinajstić information content (AvgIpc) is 2.65. The number of hydrogen-bond donors (Lipinski definition) is 2. The van der Waals surface area contributed by atoms with Crippen LogP contribution in [0.2, 0.25) is 0 Å². The van der Waals surface area contributed by atoms with E-state index in [2.05, 4.69) is 28.7 Å². The zero-order valence-electron chi connectivity index (χ0n) is 17.7. The Bertz CT molecular complexity index is 596. The molecule has 0 spiro atoms. The molecular formula is C22H35IO5. The van der Waals surface area contributed by atoms with Gasteiger partial charge in [-0.2, -0.15) is 0 Å². The molecule has 0 aromatic heterocycles. The minimum absolute atomic E-state index is 0.0184. The number of rotatable bonds is 1. The van der Waals surface area contributed by atoms with Gasteiger partial charge in [0, 0.05) is 12.3 Å². The van der Waals surface area contributed by atoms with E-state index >= 15 is 0 Å². The first-order valence-electron chi connectivity index (χ1n) is 10.0. The number of Topliss-reactive ketones (excluding diaryl/α,β-unsaturated/α-hetero) is 1. The molecule has 0 saturated heterocycles. The predicted molar refractivity (Wildman–Crippen MR) is 119 cm³/mol. The number of aliphatic hydroxyl groups excluding tert-OH is 2. The summed E-state index contributed by atoms with van der Waals surface area (Å²) >= 11 is 2.12. The smallest absolute Gasteiger partial charge is 0.309 e. The third-order valence-electron chi connectivity index (χ3n) is 5.84. The van der Waals surface area contributed by atoms with Gasteiger partial charge in [0.2, 0.25) is 0 Å². The van der Waals surface area contributed by atoms with Crippen molar-refractivity contribution in [2.75, 3.05) is 0 Å². The predicted octanol–water partition coefficient (Wildman–Crippen LogP) is 4.35. The van der Waals surface area contributed by atoms with E-state index in [-0.39, 0.29) is 24.2 Å². The Labute approximate surface area is 182 Å². The van der Waals surface area contributed by atoms with Crippen LogP contribution in [0, 0.1) is 17.3 Å². The summed E-state index contributed by atoms with van der Waals surface area (Å²) in [6.45, 7) is 8.81. The number of aliphatic hydroxyl groups is 2. The fourth-order valence-corrected chi connectivity index (χ4v) is 3.88. The lowest BCUT2D eigenvalue weighted by atomic mass is 9.73. The van der Waals surface area contributed by atoms with Crippen molar-refractivity contribution in [3.05, 3.63) is 21.8 Å². The van der Waals surface area contributed by atoms with Gasteiger partial charge in [0.25, 0.3) is 0 Å². The van der Waals surface area contributed by atoms with Gasteiger partial charge in [-0.25, -0.2) is 0 Å². The lowest BCUT2D eigenvalue weighted by Gasteiger charge is -2.34. The number of cyclic esters (lactones) is 1. The van der Waals surface area contributed by atoms with Crippen molar-refractivity contribution in [1.29, 1.82) is 0 Å². The summed E-state index contributed by atoms with van der Waals surface area (Å²) in [4.78, 5) is 25.4. The van der Waals surface area contributed by atoms with Gasteiger partial charge in [-0.3, -0.25) is 9.59 Å². The quantitative estimate of drug-likeness (QED) is 0.314. The van der Waals surface area contributed by atoms with Gasteiger partial charge in [0.05, 0.1) is 24.0 Å². The lowest BCUT2D eigenvalue weighted by Crippen LogP contribution is -2.45. The van der Waals surface area contributed by atoms with E-state index in [9.17, 15) is 19.8 Å². The maximum absolute atomic E-state index is 13.0. The van der Waals surface area contributed by atoms with E-state index in [0.717, 1.165) is 24.8 Å². The number of hydrogen-bond acceptors (Lipinski definition) is 5. The van der Waals surface area contributed by atoms with Crippen LogP contribution in [-0.2, 0) is 14.3 Å². The van der Waals surface area contributed by atoms with Crippen LogP contribution < -0.4 is 0 Å². The number of allylic oxidation sites excluding steroid dienone is 1. The van der Waals surface area contributed by atoms with Crippen molar-refractivity contribution in [3.63, 3.8) is 0 Å². The molecule has 0 aliphatic carbocycles. The Hall–Kier alpha value is -0.730. The highest BCUT2D eigenvalue weighted by Crippen LogP contribution is 2.32. The molecule has 0 aromatic carbocycles. The molecule has 28 heavy (non-hydrogen) atoms. The molecule has 0 fully saturated rings. The largest absolute Gasteiger partial charge is 0.457 e. The molecular weight excluding hydrogens is 471 g/mol. The number of ether oxygens (including phenoxy) is 1. The molecule has 1 aliphatic rings.